The molecule has 0 saturated heterocycles. The van der Waals surface area contributed by atoms with E-state index in [9.17, 15) is 14.9 Å². The molecule has 0 aliphatic carbocycles. The van der Waals surface area contributed by atoms with E-state index in [1.807, 2.05) is 0 Å². The fourth-order valence-corrected chi connectivity index (χ4v) is 1.73. The standard InChI is InChI=1S/C12H15ClN2O4/c1-8(12(16)19-3)14(2)7-9-6-10(15(17)18)4-5-11(9)13/h4-6,8H,7H2,1-3H3/t8-/m1/s1. The number of rotatable bonds is 5. The van der Waals surface area contributed by atoms with Crippen LogP contribution in [0.2, 0.25) is 5.02 Å². The van der Waals surface area contributed by atoms with Crippen LogP contribution in [0.5, 0.6) is 0 Å². The summed E-state index contributed by atoms with van der Waals surface area (Å²) in [7, 11) is 3.03. The van der Waals surface area contributed by atoms with Gasteiger partial charge < -0.3 is 4.74 Å². The van der Waals surface area contributed by atoms with Gasteiger partial charge in [0.15, 0.2) is 0 Å². The molecule has 0 radical (unpaired) electrons. The highest BCUT2D eigenvalue weighted by atomic mass is 35.5. The minimum absolute atomic E-state index is 0.0291. The van der Waals surface area contributed by atoms with Gasteiger partial charge in [0.05, 0.1) is 12.0 Å². The Morgan fingerprint density at radius 2 is 2.21 bits per heavy atom. The lowest BCUT2D eigenvalue weighted by Crippen LogP contribution is -2.36. The van der Waals surface area contributed by atoms with Gasteiger partial charge in [-0.15, -0.1) is 0 Å². The first-order valence-electron chi connectivity index (χ1n) is 5.57. The van der Waals surface area contributed by atoms with Crippen LogP contribution in [0, 0.1) is 10.1 Å². The van der Waals surface area contributed by atoms with Gasteiger partial charge in [0.2, 0.25) is 0 Å². The van der Waals surface area contributed by atoms with Crippen LogP contribution in [0.3, 0.4) is 0 Å². The molecule has 0 aliphatic heterocycles. The average molecular weight is 287 g/mol. The maximum absolute atomic E-state index is 11.4. The number of carbonyl (C=O) groups is 1. The van der Waals surface area contributed by atoms with Crippen LogP contribution in [-0.2, 0) is 16.1 Å². The summed E-state index contributed by atoms with van der Waals surface area (Å²) in [5.41, 5.74) is 0.563. The third-order valence-electron chi connectivity index (χ3n) is 2.86. The van der Waals surface area contributed by atoms with E-state index in [4.69, 9.17) is 11.6 Å². The number of non-ortho nitro benzene ring substituents is 1. The van der Waals surface area contributed by atoms with Gasteiger partial charge in [-0.2, -0.15) is 0 Å². The number of halogens is 1. The second-order valence-electron chi connectivity index (χ2n) is 4.15. The molecule has 0 aromatic heterocycles. The number of nitro benzene ring substituents is 1. The molecule has 0 unspecified atom stereocenters. The lowest BCUT2D eigenvalue weighted by molar-refractivity contribution is -0.384. The molecule has 0 fully saturated rings. The van der Waals surface area contributed by atoms with Gasteiger partial charge in [0, 0.05) is 23.7 Å². The Balaban J connectivity index is 2.89. The number of likely N-dealkylation sites (N-methyl/N-ethyl adjacent to an activating group) is 1. The Hall–Kier alpha value is -1.66. The molecule has 1 aromatic carbocycles. The monoisotopic (exact) mass is 286 g/mol. The third kappa shape index (κ3) is 3.90. The van der Waals surface area contributed by atoms with Crippen molar-refractivity contribution in [3.63, 3.8) is 0 Å². The van der Waals surface area contributed by atoms with Crippen LogP contribution >= 0.6 is 11.6 Å². The zero-order valence-corrected chi connectivity index (χ0v) is 11.7. The Morgan fingerprint density at radius 1 is 1.58 bits per heavy atom. The van der Waals surface area contributed by atoms with E-state index in [1.54, 1.807) is 18.9 Å². The van der Waals surface area contributed by atoms with Gasteiger partial charge in [-0.25, -0.2) is 0 Å². The van der Waals surface area contributed by atoms with Crippen molar-refractivity contribution in [1.29, 1.82) is 0 Å². The number of nitrogens with zero attached hydrogens (tertiary/aromatic N) is 2. The maximum atomic E-state index is 11.4. The highest BCUT2D eigenvalue weighted by Gasteiger charge is 2.20. The Bertz CT molecular complexity index is 493. The summed E-state index contributed by atoms with van der Waals surface area (Å²) < 4.78 is 4.64. The smallest absolute Gasteiger partial charge is 0.322 e. The fourth-order valence-electron chi connectivity index (χ4n) is 1.55. The second-order valence-corrected chi connectivity index (χ2v) is 4.55. The number of hydrogen-bond donors (Lipinski definition) is 0. The molecule has 1 rings (SSSR count). The topological polar surface area (TPSA) is 72.7 Å². The van der Waals surface area contributed by atoms with E-state index >= 15 is 0 Å². The number of carbonyl (C=O) groups excluding carboxylic acids is 1. The number of nitro groups is 1. The predicted octanol–water partition coefficient (Wildman–Crippen LogP) is 2.24. The Kier molecular flexibility index (Phi) is 5.26. The summed E-state index contributed by atoms with van der Waals surface area (Å²) in [6.45, 7) is 2.01. The van der Waals surface area contributed by atoms with Gasteiger partial charge in [-0.05, 0) is 25.6 Å². The van der Waals surface area contributed by atoms with E-state index in [2.05, 4.69) is 4.74 Å². The van der Waals surface area contributed by atoms with E-state index in [0.717, 1.165) is 0 Å². The van der Waals surface area contributed by atoms with E-state index in [-0.39, 0.29) is 11.7 Å². The molecule has 0 N–H and O–H groups in total. The molecule has 0 amide bonds. The summed E-state index contributed by atoms with van der Waals surface area (Å²) in [4.78, 5) is 23.3. The molecule has 0 spiro atoms. The average Bonchev–Trinajstić information content (AvgIpc) is 2.38. The third-order valence-corrected chi connectivity index (χ3v) is 3.23. The first-order chi connectivity index (χ1) is 8.86. The number of benzene rings is 1. The lowest BCUT2D eigenvalue weighted by Gasteiger charge is -2.22. The Labute approximate surface area is 116 Å². The molecule has 6 nitrogen and oxygen atoms in total. The lowest BCUT2D eigenvalue weighted by atomic mass is 10.1. The maximum Gasteiger partial charge on any atom is 0.322 e. The summed E-state index contributed by atoms with van der Waals surface area (Å²) in [6, 6.07) is 3.77. The largest absolute Gasteiger partial charge is 0.468 e. The van der Waals surface area contributed by atoms with Crippen molar-refractivity contribution in [2.45, 2.75) is 19.5 Å². The van der Waals surface area contributed by atoms with E-state index < -0.39 is 11.0 Å². The molecule has 0 saturated carbocycles. The van der Waals surface area contributed by atoms with Crippen molar-refractivity contribution in [3.8, 4) is 0 Å². The van der Waals surface area contributed by atoms with Crippen molar-refractivity contribution >= 4 is 23.3 Å². The quantitative estimate of drug-likeness (QED) is 0.471. The van der Waals surface area contributed by atoms with Crippen LogP contribution in [0.15, 0.2) is 18.2 Å². The highest BCUT2D eigenvalue weighted by molar-refractivity contribution is 6.31. The molecular weight excluding hydrogens is 272 g/mol. The molecule has 0 heterocycles. The van der Waals surface area contributed by atoms with Crippen molar-refractivity contribution in [2.75, 3.05) is 14.2 Å². The molecule has 1 atom stereocenters. The fraction of sp³-hybridized carbons (Fsp3) is 0.417. The van der Waals surface area contributed by atoms with Crippen molar-refractivity contribution in [3.05, 3.63) is 38.9 Å². The highest BCUT2D eigenvalue weighted by Crippen LogP contribution is 2.23. The predicted molar refractivity (Wildman–Crippen MR) is 71.1 cm³/mol. The first-order valence-corrected chi connectivity index (χ1v) is 5.95. The molecule has 0 aliphatic rings. The van der Waals surface area contributed by atoms with Gasteiger partial charge in [0.1, 0.15) is 6.04 Å². The number of methoxy groups -OCH3 is 1. The molecule has 19 heavy (non-hydrogen) atoms. The Morgan fingerprint density at radius 3 is 2.74 bits per heavy atom. The minimum atomic E-state index is -0.483. The van der Waals surface area contributed by atoms with E-state index in [0.29, 0.717) is 17.1 Å². The van der Waals surface area contributed by atoms with Gasteiger partial charge in [0.25, 0.3) is 5.69 Å². The molecule has 104 valence electrons. The van der Waals surface area contributed by atoms with Crippen LogP contribution in [-0.4, -0.2) is 36.0 Å². The molecule has 0 bridgehead atoms. The van der Waals surface area contributed by atoms with Crippen molar-refractivity contribution in [2.24, 2.45) is 0 Å². The SMILES string of the molecule is COC(=O)[C@@H](C)N(C)Cc1cc([N+](=O)[O-])ccc1Cl. The van der Waals surface area contributed by atoms with Gasteiger partial charge in [-0.1, -0.05) is 11.6 Å². The van der Waals surface area contributed by atoms with Crippen molar-refractivity contribution in [1.82, 2.24) is 4.90 Å². The normalized spacial score (nSPS) is 12.3. The number of hydrogen-bond acceptors (Lipinski definition) is 5. The number of ether oxygens (including phenoxy) is 1. The number of esters is 1. The second kappa shape index (κ2) is 6.49. The minimum Gasteiger partial charge on any atom is -0.468 e. The van der Waals surface area contributed by atoms with Crippen LogP contribution in [0.25, 0.3) is 0 Å². The van der Waals surface area contributed by atoms with E-state index in [1.165, 1.54) is 25.3 Å². The summed E-state index contributed by atoms with van der Waals surface area (Å²) in [6.07, 6.45) is 0. The summed E-state index contributed by atoms with van der Waals surface area (Å²) >= 11 is 6.00. The zero-order chi connectivity index (χ0) is 14.6. The molecular formula is C12H15ClN2O4. The zero-order valence-electron chi connectivity index (χ0n) is 10.9. The van der Waals surface area contributed by atoms with Crippen LogP contribution < -0.4 is 0 Å². The van der Waals surface area contributed by atoms with Crippen LogP contribution in [0.1, 0.15) is 12.5 Å². The summed E-state index contributed by atoms with van der Waals surface area (Å²) in [5, 5.41) is 11.1. The van der Waals surface area contributed by atoms with Crippen molar-refractivity contribution < 1.29 is 14.5 Å². The molecule has 1 aromatic rings. The summed E-state index contributed by atoms with van der Waals surface area (Å²) in [5.74, 6) is -0.371. The van der Waals surface area contributed by atoms with Gasteiger partial charge >= 0.3 is 5.97 Å². The first kappa shape index (κ1) is 15.4. The van der Waals surface area contributed by atoms with Gasteiger partial charge in [-0.3, -0.25) is 19.8 Å². The van der Waals surface area contributed by atoms with Crippen LogP contribution in [0.4, 0.5) is 5.69 Å². The molecule has 7 heteroatoms.